The van der Waals surface area contributed by atoms with E-state index in [1.807, 2.05) is 17.7 Å². The predicted octanol–water partition coefficient (Wildman–Crippen LogP) is 2.17. The summed E-state index contributed by atoms with van der Waals surface area (Å²) in [6.45, 7) is 5.90. The molecule has 0 amide bonds. The zero-order valence-electron chi connectivity index (χ0n) is 19.2. The summed E-state index contributed by atoms with van der Waals surface area (Å²) in [5.41, 5.74) is 8.31. The molecular formula is C22H33N5O5. The molecule has 2 aromatic heterocycles. The van der Waals surface area contributed by atoms with Crippen LogP contribution in [0.1, 0.15) is 62.7 Å². The second-order valence-electron chi connectivity index (χ2n) is 7.82. The second-order valence-corrected chi connectivity index (χ2v) is 7.82. The standard InChI is InChI=1S/C20H29N5O3.C2H4O2/c1-4-9-28-17-6-5-14(10-15(17)21)20-23-18(11-19(26)27-3)24-25(20)16-7-8-22-12-13(16)2;1-2(3)4/h7-8,12,14-15,17H,4-6,9-11,21H2,1-3H3;1H3,(H,3,4)/t14-,15+,17+;/m0./s1. The van der Waals surface area contributed by atoms with E-state index in [2.05, 4.69) is 17.0 Å². The summed E-state index contributed by atoms with van der Waals surface area (Å²) in [7, 11) is 1.36. The quantitative estimate of drug-likeness (QED) is 0.610. The van der Waals surface area contributed by atoms with Crippen molar-refractivity contribution in [3.63, 3.8) is 0 Å². The molecule has 3 rings (SSSR count). The van der Waals surface area contributed by atoms with Gasteiger partial charge in [-0.1, -0.05) is 6.92 Å². The maximum Gasteiger partial charge on any atom is 0.313 e. The molecule has 0 aromatic carbocycles. The maximum absolute atomic E-state index is 11.7. The molecule has 10 heteroatoms. The Hall–Kier alpha value is -2.85. The molecule has 1 fully saturated rings. The highest BCUT2D eigenvalue weighted by Crippen LogP contribution is 2.34. The molecule has 1 aliphatic carbocycles. The van der Waals surface area contributed by atoms with Crippen LogP contribution in [0.4, 0.5) is 0 Å². The summed E-state index contributed by atoms with van der Waals surface area (Å²) >= 11 is 0. The Bertz CT molecular complexity index is 897. The molecule has 3 N–H and O–H groups in total. The van der Waals surface area contributed by atoms with E-state index >= 15 is 0 Å². The van der Waals surface area contributed by atoms with E-state index < -0.39 is 5.97 Å². The lowest BCUT2D eigenvalue weighted by molar-refractivity contribution is -0.140. The smallest absolute Gasteiger partial charge is 0.313 e. The van der Waals surface area contributed by atoms with Crippen molar-refractivity contribution >= 4 is 11.9 Å². The first-order valence-electron chi connectivity index (χ1n) is 10.8. The van der Waals surface area contributed by atoms with E-state index in [9.17, 15) is 4.79 Å². The van der Waals surface area contributed by atoms with Crippen LogP contribution in [0.25, 0.3) is 5.69 Å². The Morgan fingerprint density at radius 1 is 1.34 bits per heavy atom. The van der Waals surface area contributed by atoms with Crippen LogP contribution in [0, 0.1) is 6.92 Å². The van der Waals surface area contributed by atoms with Gasteiger partial charge in [-0.15, -0.1) is 0 Å². The number of aliphatic carboxylic acids is 1. The topological polar surface area (TPSA) is 142 Å². The van der Waals surface area contributed by atoms with Crippen LogP contribution >= 0.6 is 0 Å². The minimum Gasteiger partial charge on any atom is -0.481 e. The maximum atomic E-state index is 11.7. The summed E-state index contributed by atoms with van der Waals surface area (Å²) in [5.74, 6) is 0.250. The van der Waals surface area contributed by atoms with Crippen LogP contribution in [0.5, 0.6) is 0 Å². The van der Waals surface area contributed by atoms with Crippen LogP contribution in [-0.4, -0.2) is 62.7 Å². The highest BCUT2D eigenvalue weighted by molar-refractivity contribution is 5.71. The van der Waals surface area contributed by atoms with Gasteiger partial charge in [-0.2, -0.15) is 5.10 Å². The van der Waals surface area contributed by atoms with Crippen LogP contribution in [0.3, 0.4) is 0 Å². The number of aryl methyl sites for hydroxylation is 1. The number of carbonyl (C=O) groups is 2. The number of carboxylic acid groups (broad SMARTS) is 1. The fourth-order valence-corrected chi connectivity index (χ4v) is 3.68. The number of carbonyl (C=O) groups excluding carboxylic acids is 1. The van der Waals surface area contributed by atoms with Gasteiger partial charge in [0.2, 0.25) is 0 Å². The van der Waals surface area contributed by atoms with Crippen molar-refractivity contribution in [2.75, 3.05) is 13.7 Å². The molecule has 0 aliphatic heterocycles. The highest BCUT2D eigenvalue weighted by Gasteiger charge is 2.33. The molecule has 0 unspecified atom stereocenters. The minimum atomic E-state index is -0.833. The van der Waals surface area contributed by atoms with E-state index in [4.69, 9.17) is 30.1 Å². The third-order valence-corrected chi connectivity index (χ3v) is 5.16. The average molecular weight is 448 g/mol. The van der Waals surface area contributed by atoms with Crippen molar-refractivity contribution < 1.29 is 24.2 Å². The van der Waals surface area contributed by atoms with Crippen LogP contribution in [0.2, 0.25) is 0 Å². The number of pyridine rings is 1. The summed E-state index contributed by atoms with van der Waals surface area (Å²) < 4.78 is 12.5. The summed E-state index contributed by atoms with van der Waals surface area (Å²) in [5, 5.41) is 12.0. The fourth-order valence-electron chi connectivity index (χ4n) is 3.68. The first-order valence-corrected chi connectivity index (χ1v) is 10.8. The highest BCUT2D eigenvalue weighted by atomic mass is 16.5. The van der Waals surface area contributed by atoms with Gasteiger partial charge in [0.25, 0.3) is 5.97 Å². The van der Waals surface area contributed by atoms with Crippen molar-refractivity contribution in [3.05, 3.63) is 35.7 Å². The number of ether oxygens (including phenoxy) is 2. The monoisotopic (exact) mass is 447 g/mol. The van der Waals surface area contributed by atoms with Gasteiger partial charge in [0.05, 0.1) is 18.9 Å². The Balaban J connectivity index is 0.000000837. The van der Waals surface area contributed by atoms with Gasteiger partial charge in [-0.3, -0.25) is 14.6 Å². The minimum absolute atomic E-state index is 0.0433. The lowest BCUT2D eigenvalue weighted by Gasteiger charge is -2.33. The lowest BCUT2D eigenvalue weighted by Crippen LogP contribution is -2.42. The molecule has 32 heavy (non-hydrogen) atoms. The molecule has 3 atom stereocenters. The third kappa shape index (κ3) is 7.10. The Kier molecular flexibility index (Phi) is 9.73. The molecule has 2 heterocycles. The number of nitrogens with two attached hydrogens (primary N) is 1. The van der Waals surface area contributed by atoms with Gasteiger partial charge in [0.1, 0.15) is 12.2 Å². The van der Waals surface area contributed by atoms with Crippen LogP contribution in [0.15, 0.2) is 18.5 Å². The van der Waals surface area contributed by atoms with Crippen LogP contribution < -0.4 is 5.73 Å². The first kappa shape index (κ1) is 25.4. The molecular weight excluding hydrogens is 414 g/mol. The first-order chi connectivity index (χ1) is 15.3. The Morgan fingerprint density at radius 3 is 2.66 bits per heavy atom. The van der Waals surface area contributed by atoms with Gasteiger partial charge in [0, 0.05) is 37.9 Å². The fraction of sp³-hybridized carbons (Fsp3) is 0.591. The number of aromatic nitrogens is 4. The van der Waals surface area contributed by atoms with Crippen molar-refractivity contribution in [1.82, 2.24) is 19.7 Å². The molecule has 0 spiro atoms. The summed E-state index contributed by atoms with van der Waals surface area (Å²) in [6, 6.07) is 1.86. The number of nitrogens with zero attached hydrogens (tertiary/aromatic N) is 4. The lowest BCUT2D eigenvalue weighted by atomic mass is 9.83. The number of hydrogen-bond donors (Lipinski definition) is 2. The van der Waals surface area contributed by atoms with Gasteiger partial charge in [-0.05, 0) is 44.2 Å². The van der Waals surface area contributed by atoms with Gasteiger partial charge in [-0.25, -0.2) is 9.67 Å². The average Bonchev–Trinajstić information content (AvgIpc) is 3.16. The molecule has 0 bridgehead atoms. The largest absolute Gasteiger partial charge is 0.481 e. The van der Waals surface area contributed by atoms with Crippen molar-refractivity contribution in [1.29, 1.82) is 0 Å². The number of rotatable bonds is 7. The van der Waals surface area contributed by atoms with Crippen molar-refractivity contribution in [2.45, 2.75) is 70.9 Å². The molecule has 0 radical (unpaired) electrons. The third-order valence-electron chi connectivity index (χ3n) is 5.16. The molecule has 1 saturated carbocycles. The SMILES string of the molecule is CC(=O)O.CCCO[C@@H]1CC[C@H](c2nc(CC(=O)OC)nn2-c2ccncc2C)C[C@H]1N. The Morgan fingerprint density at radius 2 is 2.06 bits per heavy atom. The number of esters is 1. The molecule has 10 nitrogen and oxygen atoms in total. The van der Waals surface area contributed by atoms with E-state index in [1.54, 1.807) is 12.4 Å². The Labute approximate surface area is 188 Å². The second kappa shape index (κ2) is 12.3. The molecule has 2 aromatic rings. The molecule has 1 aliphatic rings. The van der Waals surface area contributed by atoms with E-state index in [1.165, 1.54) is 7.11 Å². The van der Waals surface area contributed by atoms with Crippen molar-refractivity contribution in [3.8, 4) is 5.69 Å². The van der Waals surface area contributed by atoms with Gasteiger partial charge in [0.15, 0.2) is 5.82 Å². The zero-order chi connectivity index (χ0) is 23.7. The van der Waals surface area contributed by atoms with Crippen molar-refractivity contribution in [2.24, 2.45) is 5.73 Å². The summed E-state index contributed by atoms with van der Waals surface area (Å²) in [4.78, 5) is 29.6. The summed E-state index contributed by atoms with van der Waals surface area (Å²) in [6.07, 6.45) is 7.22. The van der Waals surface area contributed by atoms with Gasteiger partial charge < -0.3 is 20.3 Å². The zero-order valence-corrected chi connectivity index (χ0v) is 19.2. The number of hydrogen-bond acceptors (Lipinski definition) is 8. The number of methoxy groups -OCH3 is 1. The van der Waals surface area contributed by atoms with Crippen LogP contribution in [-0.2, 0) is 25.5 Å². The van der Waals surface area contributed by atoms with E-state index in [-0.39, 0.29) is 30.5 Å². The predicted molar refractivity (Wildman–Crippen MR) is 118 cm³/mol. The van der Waals surface area contributed by atoms with E-state index in [0.717, 1.165) is 56.3 Å². The molecule has 176 valence electrons. The molecule has 0 saturated heterocycles. The number of carboxylic acids is 1. The normalized spacial score (nSPS) is 20.2. The van der Waals surface area contributed by atoms with Gasteiger partial charge >= 0.3 is 5.97 Å². The van der Waals surface area contributed by atoms with E-state index in [0.29, 0.717) is 5.82 Å².